The van der Waals surface area contributed by atoms with Crippen molar-refractivity contribution in [1.82, 2.24) is 19.5 Å². The van der Waals surface area contributed by atoms with Gasteiger partial charge in [0, 0.05) is 29.9 Å². The summed E-state index contributed by atoms with van der Waals surface area (Å²) in [5, 5.41) is 4.63. The number of fused-ring (bicyclic) bond motifs is 2. The minimum absolute atomic E-state index is 0.0678. The predicted octanol–water partition coefficient (Wildman–Crippen LogP) is 6.60. The molecule has 1 unspecified atom stereocenters. The van der Waals surface area contributed by atoms with Crippen LogP contribution in [0.1, 0.15) is 80.0 Å². The third-order valence-electron chi connectivity index (χ3n) is 7.25. The zero-order chi connectivity index (χ0) is 29.3. The Kier molecular flexibility index (Phi) is 7.76. The van der Waals surface area contributed by atoms with E-state index in [1.165, 1.54) is 29.3 Å². The minimum Gasteiger partial charge on any atom is -0.457 e. The van der Waals surface area contributed by atoms with Gasteiger partial charge in [-0.15, -0.1) is 0 Å². The largest absolute Gasteiger partial charge is 0.457 e. The molecule has 0 N–H and O–H groups in total. The molecule has 0 saturated carbocycles. The number of esters is 1. The second-order valence-corrected chi connectivity index (χ2v) is 11.4. The fourth-order valence-corrected chi connectivity index (χ4v) is 5.27. The van der Waals surface area contributed by atoms with Crippen LogP contribution in [0.5, 0.6) is 0 Å². The third-order valence-corrected chi connectivity index (χ3v) is 7.25. The number of aryl methyl sites for hydroxylation is 2. The van der Waals surface area contributed by atoms with E-state index in [4.69, 9.17) is 4.74 Å². The first kappa shape index (κ1) is 28.2. The van der Waals surface area contributed by atoms with E-state index < -0.39 is 17.4 Å². The molecular formula is C33H35FN4O3. The normalized spacial score (nSPS) is 15.7. The molecule has 3 heterocycles. The van der Waals surface area contributed by atoms with E-state index in [0.29, 0.717) is 41.1 Å². The van der Waals surface area contributed by atoms with Gasteiger partial charge in [0.05, 0.1) is 11.7 Å². The van der Waals surface area contributed by atoms with Crippen molar-refractivity contribution in [2.75, 3.05) is 6.54 Å². The van der Waals surface area contributed by atoms with Gasteiger partial charge in [0.15, 0.2) is 5.65 Å². The number of ether oxygens (including phenoxy) is 1. The molecule has 212 valence electrons. The van der Waals surface area contributed by atoms with Gasteiger partial charge < -0.3 is 9.64 Å². The van der Waals surface area contributed by atoms with E-state index in [9.17, 15) is 9.59 Å². The van der Waals surface area contributed by atoms with Crippen LogP contribution in [0.3, 0.4) is 0 Å². The molecule has 0 bridgehead atoms. The van der Waals surface area contributed by atoms with Crippen LogP contribution in [0.4, 0.5) is 4.39 Å². The highest BCUT2D eigenvalue weighted by atomic mass is 19.1. The Hall–Kier alpha value is -4.33. The second kappa shape index (κ2) is 11.3. The van der Waals surface area contributed by atoms with Crippen molar-refractivity contribution < 1.29 is 18.7 Å². The first-order valence-corrected chi connectivity index (χ1v) is 14.0. The van der Waals surface area contributed by atoms with E-state index in [0.717, 1.165) is 18.5 Å². The van der Waals surface area contributed by atoms with Crippen LogP contribution in [0.25, 0.3) is 23.0 Å². The molecule has 41 heavy (non-hydrogen) atoms. The van der Waals surface area contributed by atoms with Crippen molar-refractivity contribution in [2.24, 2.45) is 0 Å². The van der Waals surface area contributed by atoms with Crippen molar-refractivity contribution in [3.63, 3.8) is 0 Å². The van der Waals surface area contributed by atoms with Crippen molar-refractivity contribution in [3.8, 4) is 11.3 Å². The number of hydrogen-bond donors (Lipinski definition) is 0. The summed E-state index contributed by atoms with van der Waals surface area (Å²) < 4.78 is 22.1. The maximum atomic E-state index is 15.2. The van der Waals surface area contributed by atoms with Crippen LogP contribution in [-0.4, -0.2) is 43.5 Å². The number of amides is 1. The molecule has 2 aromatic heterocycles. The Morgan fingerprint density at radius 3 is 2.63 bits per heavy atom. The van der Waals surface area contributed by atoms with Gasteiger partial charge in [0.2, 0.25) is 0 Å². The summed E-state index contributed by atoms with van der Waals surface area (Å²) in [6.07, 6.45) is 5.24. The van der Waals surface area contributed by atoms with Gasteiger partial charge in [-0.2, -0.15) is 5.10 Å². The summed E-state index contributed by atoms with van der Waals surface area (Å²) in [4.78, 5) is 32.3. The zero-order valence-electron chi connectivity index (χ0n) is 24.1. The van der Waals surface area contributed by atoms with E-state index in [1.54, 1.807) is 49.6 Å². The fraction of sp³-hybridized carbons (Fsp3) is 0.333. The molecular weight excluding hydrogens is 519 g/mol. The second-order valence-electron chi connectivity index (χ2n) is 11.4. The lowest BCUT2D eigenvalue weighted by atomic mass is 9.99. The molecule has 1 amide bonds. The molecule has 4 aromatic rings. The first-order chi connectivity index (χ1) is 19.5. The quantitative estimate of drug-likeness (QED) is 0.205. The SMILES string of the molecule is CCc1cc(C(=O)N2CCCc3ccccc3C2C)nc2cc(-c3ccc(/C=C/C(=O)OC(C)(C)C)cc3F)nn12. The Bertz CT molecular complexity index is 1650. The highest BCUT2D eigenvalue weighted by Gasteiger charge is 2.28. The summed E-state index contributed by atoms with van der Waals surface area (Å²) in [6, 6.07) is 16.4. The lowest BCUT2D eigenvalue weighted by Gasteiger charge is -2.28. The predicted molar refractivity (Wildman–Crippen MR) is 157 cm³/mol. The van der Waals surface area contributed by atoms with Gasteiger partial charge in [0.25, 0.3) is 5.91 Å². The summed E-state index contributed by atoms with van der Waals surface area (Å²) in [7, 11) is 0. The Balaban J connectivity index is 1.43. The Morgan fingerprint density at radius 1 is 1.12 bits per heavy atom. The number of carbonyl (C=O) groups excluding carboxylic acids is 2. The number of rotatable bonds is 5. The van der Waals surface area contributed by atoms with Gasteiger partial charge in [-0.3, -0.25) is 4.79 Å². The smallest absolute Gasteiger partial charge is 0.331 e. The van der Waals surface area contributed by atoms with Crippen molar-refractivity contribution in [1.29, 1.82) is 0 Å². The number of aromatic nitrogens is 3. The first-order valence-electron chi connectivity index (χ1n) is 14.0. The topological polar surface area (TPSA) is 76.8 Å². The third kappa shape index (κ3) is 6.06. The fourth-order valence-electron chi connectivity index (χ4n) is 5.27. The maximum Gasteiger partial charge on any atom is 0.331 e. The summed E-state index contributed by atoms with van der Waals surface area (Å²) in [6.45, 7) is 10.1. The molecule has 0 fully saturated rings. The Labute approximate surface area is 239 Å². The molecule has 1 aliphatic rings. The van der Waals surface area contributed by atoms with Crippen molar-refractivity contribution >= 4 is 23.6 Å². The number of hydrogen-bond acceptors (Lipinski definition) is 5. The number of nitrogens with zero attached hydrogens (tertiary/aromatic N) is 4. The number of benzene rings is 2. The summed E-state index contributed by atoms with van der Waals surface area (Å²) >= 11 is 0. The van der Waals surface area contributed by atoms with Crippen LogP contribution in [-0.2, 0) is 22.4 Å². The van der Waals surface area contributed by atoms with Gasteiger partial charge in [-0.25, -0.2) is 18.7 Å². The average Bonchev–Trinajstić information content (AvgIpc) is 3.28. The highest BCUT2D eigenvalue weighted by Crippen LogP contribution is 2.30. The molecule has 0 saturated heterocycles. The van der Waals surface area contributed by atoms with Crippen LogP contribution in [0.15, 0.2) is 60.7 Å². The van der Waals surface area contributed by atoms with E-state index in [-0.39, 0.29) is 11.9 Å². The number of carbonyl (C=O) groups is 2. The molecule has 7 nitrogen and oxygen atoms in total. The molecule has 8 heteroatoms. The standard InChI is InChI=1S/C33H35FN4O3/c1-6-24-19-29(32(40)37-17-9-11-23-10-7-8-12-25(23)21(37)2)35-30-20-28(36-38(24)30)26-15-13-22(18-27(26)34)14-16-31(39)41-33(3,4)5/h7-8,10,12-16,18-21H,6,9,11,17H2,1-5H3/b16-14+. The highest BCUT2D eigenvalue weighted by molar-refractivity contribution is 5.93. The van der Waals surface area contributed by atoms with E-state index in [1.807, 2.05) is 24.0 Å². The molecule has 0 spiro atoms. The molecule has 0 radical (unpaired) electrons. The molecule has 2 aromatic carbocycles. The van der Waals surface area contributed by atoms with Crippen LogP contribution in [0.2, 0.25) is 0 Å². The number of halogens is 1. The van der Waals surface area contributed by atoms with Crippen LogP contribution < -0.4 is 0 Å². The van der Waals surface area contributed by atoms with Gasteiger partial charge in [-0.1, -0.05) is 37.3 Å². The minimum atomic E-state index is -0.605. The van der Waals surface area contributed by atoms with Gasteiger partial charge in [-0.05, 0) is 87.9 Å². The maximum absolute atomic E-state index is 15.2. The van der Waals surface area contributed by atoms with E-state index >= 15 is 4.39 Å². The van der Waals surface area contributed by atoms with Crippen molar-refractivity contribution in [3.05, 3.63) is 94.6 Å². The lowest BCUT2D eigenvalue weighted by molar-refractivity contribution is -0.148. The Morgan fingerprint density at radius 2 is 1.90 bits per heavy atom. The average molecular weight is 555 g/mol. The lowest BCUT2D eigenvalue weighted by Crippen LogP contribution is -2.34. The summed E-state index contributed by atoms with van der Waals surface area (Å²) in [5.41, 5.74) is 4.73. The zero-order valence-corrected chi connectivity index (χ0v) is 24.1. The van der Waals surface area contributed by atoms with Crippen LogP contribution >= 0.6 is 0 Å². The molecule has 5 rings (SSSR count). The van der Waals surface area contributed by atoms with Crippen molar-refractivity contribution in [2.45, 2.75) is 65.5 Å². The molecule has 1 atom stereocenters. The van der Waals surface area contributed by atoms with Gasteiger partial charge in [0.1, 0.15) is 17.1 Å². The van der Waals surface area contributed by atoms with E-state index in [2.05, 4.69) is 29.1 Å². The molecule has 1 aliphatic heterocycles. The van der Waals surface area contributed by atoms with Crippen LogP contribution in [0, 0.1) is 5.82 Å². The van der Waals surface area contributed by atoms with Gasteiger partial charge >= 0.3 is 5.97 Å². The monoisotopic (exact) mass is 554 g/mol. The molecule has 0 aliphatic carbocycles. The summed E-state index contributed by atoms with van der Waals surface area (Å²) in [5.74, 6) is -1.10.